The van der Waals surface area contributed by atoms with Crippen molar-refractivity contribution in [2.45, 2.75) is 84.6 Å². The van der Waals surface area contributed by atoms with E-state index in [0.29, 0.717) is 6.61 Å². The van der Waals surface area contributed by atoms with Gasteiger partial charge >= 0.3 is 0 Å². The Morgan fingerprint density at radius 3 is 2.08 bits per heavy atom. The Bertz CT molecular complexity index is 445. The molecule has 1 aromatic rings. The predicted octanol–water partition coefficient (Wildman–Crippen LogP) is 5.98. The summed E-state index contributed by atoms with van der Waals surface area (Å²) in [5, 5.41) is 0. The van der Waals surface area contributed by atoms with E-state index in [0.717, 1.165) is 22.5 Å². The molecule has 0 amide bonds. The molecule has 144 valence electrons. The third-order valence-corrected chi connectivity index (χ3v) is 4.84. The number of rotatable bonds is 15. The van der Waals surface area contributed by atoms with Gasteiger partial charge in [-0.3, -0.25) is 4.98 Å². The lowest BCUT2D eigenvalue weighted by molar-refractivity contribution is -0.904. The molecule has 1 heterocycles. The Labute approximate surface area is 156 Å². The van der Waals surface area contributed by atoms with Gasteiger partial charge in [-0.15, -0.1) is 0 Å². The van der Waals surface area contributed by atoms with E-state index in [1.807, 2.05) is 25.3 Å². The van der Waals surface area contributed by atoms with E-state index >= 15 is 0 Å². The van der Waals surface area contributed by atoms with Crippen molar-refractivity contribution in [1.29, 1.82) is 0 Å². The summed E-state index contributed by atoms with van der Waals surface area (Å²) in [4.78, 5) is 4.54. The van der Waals surface area contributed by atoms with Crippen LogP contribution in [0.3, 0.4) is 0 Å². The number of nitrogens with zero attached hydrogens (tertiary/aromatic N) is 2. The topological polar surface area (TPSA) is 22.1 Å². The van der Waals surface area contributed by atoms with Crippen LogP contribution in [0.4, 0.5) is 0 Å². The van der Waals surface area contributed by atoms with Gasteiger partial charge in [-0.1, -0.05) is 58.3 Å². The summed E-state index contributed by atoms with van der Waals surface area (Å²) < 4.78 is 6.70. The molecule has 0 aliphatic rings. The largest absolute Gasteiger partial charge is 0.492 e. The number of pyridine rings is 1. The molecular weight excluding hydrogens is 308 g/mol. The van der Waals surface area contributed by atoms with Crippen molar-refractivity contribution >= 4 is 0 Å². The predicted molar refractivity (Wildman–Crippen MR) is 108 cm³/mol. The Balaban J connectivity index is 2.17. The molecule has 0 fully saturated rings. The molecule has 0 N–H and O–H groups in total. The van der Waals surface area contributed by atoms with Gasteiger partial charge in [-0.2, -0.15) is 0 Å². The molecule has 0 aliphatic heterocycles. The zero-order valence-corrected chi connectivity index (χ0v) is 17.2. The molecule has 0 atom stereocenters. The third-order valence-electron chi connectivity index (χ3n) is 4.84. The summed E-state index contributed by atoms with van der Waals surface area (Å²) in [7, 11) is 4.61. The highest BCUT2D eigenvalue weighted by molar-refractivity contribution is 5.26. The third kappa shape index (κ3) is 10.5. The van der Waals surface area contributed by atoms with Crippen LogP contribution in [-0.4, -0.2) is 36.7 Å². The van der Waals surface area contributed by atoms with Crippen LogP contribution in [-0.2, 0) is 6.54 Å². The van der Waals surface area contributed by atoms with Crippen LogP contribution in [0.5, 0.6) is 5.75 Å². The van der Waals surface area contributed by atoms with Gasteiger partial charge in [0, 0.05) is 6.20 Å². The van der Waals surface area contributed by atoms with Crippen molar-refractivity contribution in [3.8, 4) is 5.75 Å². The molecule has 3 nitrogen and oxygen atoms in total. The minimum atomic E-state index is 0.699. The fraction of sp³-hybridized carbons (Fsp3) is 0.773. The van der Waals surface area contributed by atoms with Crippen molar-refractivity contribution in [3.63, 3.8) is 0 Å². The van der Waals surface area contributed by atoms with E-state index in [4.69, 9.17) is 4.74 Å². The molecule has 3 heteroatoms. The highest BCUT2D eigenvalue weighted by Gasteiger charge is 2.19. The maximum absolute atomic E-state index is 5.72. The SMILES string of the molecule is CCCCCCCCCCCC[N+](C)(C)Cc1ncccc1OCC. The summed E-state index contributed by atoms with van der Waals surface area (Å²) in [5.41, 5.74) is 1.08. The second-order valence-electron chi connectivity index (χ2n) is 7.88. The number of hydrogen-bond donors (Lipinski definition) is 0. The zero-order chi connectivity index (χ0) is 18.4. The maximum atomic E-state index is 5.72. The molecule has 0 unspecified atom stereocenters. The lowest BCUT2D eigenvalue weighted by Gasteiger charge is -2.30. The standard InChI is InChI=1S/C22H41N2O/c1-5-7-8-9-10-11-12-13-14-15-19-24(3,4)20-21-22(25-6-2)17-16-18-23-21/h16-18H,5-15,19-20H2,1-4H3/q+1. The van der Waals surface area contributed by atoms with Gasteiger partial charge in [0.25, 0.3) is 0 Å². The van der Waals surface area contributed by atoms with Gasteiger partial charge in [-0.25, -0.2) is 0 Å². The average molecular weight is 350 g/mol. The Kier molecular flexibility index (Phi) is 11.6. The Hall–Kier alpha value is -1.09. The molecule has 1 aromatic heterocycles. The maximum Gasteiger partial charge on any atom is 0.146 e. The van der Waals surface area contributed by atoms with Gasteiger partial charge in [-0.05, 0) is 31.9 Å². The number of ether oxygens (including phenoxy) is 1. The van der Waals surface area contributed by atoms with E-state index in [2.05, 4.69) is 26.0 Å². The quantitative estimate of drug-likeness (QED) is 0.287. The summed E-state index contributed by atoms with van der Waals surface area (Å²) in [6, 6.07) is 3.99. The van der Waals surface area contributed by atoms with Gasteiger partial charge in [0.1, 0.15) is 18.0 Å². The van der Waals surface area contributed by atoms with Crippen molar-refractivity contribution in [2.24, 2.45) is 0 Å². The van der Waals surface area contributed by atoms with Crippen LogP contribution < -0.4 is 4.74 Å². The molecule has 25 heavy (non-hydrogen) atoms. The molecule has 0 bridgehead atoms. The fourth-order valence-corrected chi connectivity index (χ4v) is 3.34. The number of aromatic nitrogens is 1. The van der Waals surface area contributed by atoms with Gasteiger partial charge in [0.2, 0.25) is 0 Å². The number of quaternary nitrogens is 1. The van der Waals surface area contributed by atoms with Crippen molar-refractivity contribution in [1.82, 2.24) is 4.98 Å². The van der Waals surface area contributed by atoms with Crippen molar-refractivity contribution in [3.05, 3.63) is 24.0 Å². The highest BCUT2D eigenvalue weighted by Crippen LogP contribution is 2.20. The van der Waals surface area contributed by atoms with Gasteiger partial charge < -0.3 is 9.22 Å². The van der Waals surface area contributed by atoms with Crippen LogP contribution in [0.15, 0.2) is 18.3 Å². The number of unbranched alkanes of at least 4 members (excludes halogenated alkanes) is 9. The highest BCUT2D eigenvalue weighted by atomic mass is 16.5. The van der Waals surface area contributed by atoms with E-state index in [9.17, 15) is 0 Å². The lowest BCUT2D eigenvalue weighted by Crippen LogP contribution is -2.40. The van der Waals surface area contributed by atoms with Crippen LogP contribution in [0, 0.1) is 0 Å². The molecule has 1 rings (SSSR count). The first-order chi connectivity index (χ1) is 12.1. The van der Waals surface area contributed by atoms with E-state index in [1.165, 1.54) is 70.8 Å². The monoisotopic (exact) mass is 349 g/mol. The minimum Gasteiger partial charge on any atom is -0.492 e. The first kappa shape index (κ1) is 22.0. The normalized spacial score (nSPS) is 11.7. The van der Waals surface area contributed by atoms with Crippen LogP contribution in [0.1, 0.15) is 83.7 Å². The van der Waals surface area contributed by atoms with Gasteiger partial charge in [0.05, 0.1) is 27.2 Å². The summed E-state index contributed by atoms with van der Waals surface area (Å²) in [5.74, 6) is 0.944. The summed E-state index contributed by atoms with van der Waals surface area (Å²) in [6.45, 7) is 7.16. The fourth-order valence-electron chi connectivity index (χ4n) is 3.34. The van der Waals surface area contributed by atoms with Crippen LogP contribution in [0.2, 0.25) is 0 Å². The second kappa shape index (κ2) is 13.2. The summed E-state index contributed by atoms with van der Waals surface area (Å²) in [6.07, 6.45) is 15.8. The Morgan fingerprint density at radius 1 is 0.880 bits per heavy atom. The average Bonchev–Trinajstić information content (AvgIpc) is 2.58. The molecule has 0 saturated heterocycles. The summed E-state index contributed by atoms with van der Waals surface area (Å²) >= 11 is 0. The second-order valence-corrected chi connectivity index (χ2v) is 7.88. The molecular formula is C22H41N2O+. The molecule has 0 radical (unpaired) electrons. The van der Waals surface area contributed by atoms with E-state index in [-0.39, 0.29) is 0 Å². The van der Waals surface area contributed by atoms with Crippen molar-refractivity contribution < 1.29 is 9.22 Å². The molecule has 0 aromatic carbocycles. The molecule has 0 aliphatic carbocycles. The first-order valence-electron chi connectivity index (χ1n) is 10.5. The molecule has 0 spiro atoms. The van der Waals surface area contributed by atoms with Crippen LogP contribution in [0.25, 0.3) is 0 Å². The van der Waals surface area contributed by atoms with Gasteiger partial charge in [0.15, 0.2) is 0 Å². The Morgan fingerprint density at radius 2 is 1.48 bits per heavy atom. The first-order valence-corrected chi connectivity index (χ1v) is 10.5. The van der Waals surface area contributed by atoms with Crippen LogP contribution >= 0.6 is 0 Å². The van der Waals surface area contributed by atoms with E-state index < -0.39 is 0 Å². The minimum absolute atomic E-state index is 0.699. The lowest BCUT2D eigenvalue weighted by atomic mass is 10.1. The smallest absolute Gasteiger partial charge is 0.146 e. The molecule has 0 saturated carbocycles. The van der Waals surface area contributed by atoms with E-state index in [1.54, 1.807) is 0 Å². The number of hydrogen-bond acceptors (Lipinski definition) is 2. The zero-order valence-electron chi connectivity index (χ0n) is 17.2. The van der Waals surface area contributed by atoms with Crippen molar-refractivity contribution in [2.75, 3.05) is 27.2 Å².